The summed E-state index contributed by atoms with van der Waals surface area (Å²) in [6.45, 7) is 7.57. The average Bonchev–Trinajstić information content (AvgIpc) is 2.24. The predicted octanol–water partition coefficient (Wildman–Crippen LogP) is 2.58. The molecule has 0 aliphatic carbocycles. The number of rotatable bonds is 8. The van der Waals surface area contributed by atoms with E-state index in [1.54, 1.807) is 0 Å². The van der Waals surface area contributed by atoms with Crippen LogP contribution in [-0.2, 0) is 0 Å². The Balaban J connectivity index is 4.28. The second kappa shape index (κ2) is 7.53. The van der Waals surface area contributed by atoms with Crippen molar-refractivity contribution < 1.29 is 0 Å². The zero-order valence-electron chi connectivity index (χ0n) is 11.0. The highest BCUT2D eigenvalue weighted by atomic mass is 32.2. The molecule has 2 atom stereocenters. The minimum absolute atomic E-state index is 0.173. The molecule has 0 rings (SSSR count). The molecule has 0 heterocycles. The summed E-state index contributed by atoms with van der Waals surface area (Å²) in [6.07, 6.45) is 5.80. The highest BCUT2D eigenvalue weighted by molar-refractivity contribution is 7.98. The van der Waals surface area contributed by atoms with Gasteiger partial charge >= 0.3 is 0 Å². The molecule has 2 unspecified atom stereocenters. The van der Waals surface area contributed by atoms with Crippen molar-refractivity contribution in [2.45, 2.75) is 51.6 Å². The van der Waals surface area contributed by atoms with E-state index < -0.39 is 0 Å². The standard InChI is InChI=1S/C12H28N2S/c1-6-8-12(3,10-13)14(4)11(2)7-9-15-5/h11H,6-10,13H2,1-5H3. The van der Waals surface area contributed by atoms with Crippen LogP contribution < -0.4 is 5.73 Å². The summed E-state index contributed by atoms with van der Waals surface area (Å²) in [5.41, 5.74) is 6.09. The number of nitrogens with two attached hydrogens (primary N) is 1. The van der Waals surface area contributed by atoms with E-state index in [0.717, 1.165) is 6.54 Å². The molecule has 0 aromatic heterocycles. The van der Waals surface area contributed by atoms with Gasteiger partial charge in [0.05, 0.1) is 0 Å². The molecule has 0 aliphatic rings. The molecule has 15 heavy (non-hydrogen) atoms. The first-order valence-corrected chi connectivity index (χ1v) is 7.33. The fraction of sp³-hybridized carbons (Fsp3) is 1.00. The highest BCUT2D eigenvalue weighted by Gasteiger charge is 2.29. The van der Waals surface area contributed by atoms with Gasteiger partial charge in [-0.05, 0) is 45.7 Å². The molecule has 0 saturated heterocycles. The Hall–Kier alpha value is 0.270. The molecular formula is C12H28N2S. The Morgan fingerprint density at radius 2 is 2.07 bits per heavy atom. The third-order valence-corrected chi connectivity index (χ3v) is 4.12. The Kier molecular flexibility index (Phi) is 7.66. The average molecular weight is 232 g/mol. The molecular weight excluding hydrogens is 204 g/mol. The molecule has 0 fully saturated rings. The maximum absolute atomic E-state index is 5.91. The largest absolute Gasteiger partial charge is 0.329 e. The van der Waals surface area contributed by atoms with Crippen LogP contribution >= 0.6 is 11.8 Å². The molecule has 0 radical (unpaired) electrons. The Morgan fingerprint density at radius 1 is 1.47 bits per heavy atom. The maximum atomic E-state index is 5.91. The normalized spacial score (nSPS) is 17.8. The summed E-state index contributed by atoms with van der Waals surface area (Å²) in [5.74, 6) is 1.23. The van der Waals surface area contributed by atoms with Crippen LogP contribution in [0.4, 0.5) is 0 Å². The van der Waals surface area contributed by atoms with Crippen molar-refractivity contribution in [1.29, 1.82) is 0 Å². The summed E-state index contributed by atoms with van der Waals surface area (Å²) >= 11 is 1.92. The van der Waals surface area contributed by atoms with Crippen molar-refractivity contribution >= 4 is 11.8 Å². The van der Waals surface area contributed by atoms with Gasteiger partial charge in [-0.3, -0.25) is 4.90 Å². The number of likely N-dealkylation sites (N-methyl/N-ethyl adjacent to an activating group) is 1. The van der Waals surface area contributed by atoms with Crippen LogP contribution in [0.3, 0.4) is 0 Å². The molecule has 2 nitrogen and oxygen atoms in total. The molecule has 0 aromatic carbocycles. The Labute approximate surface area is 100.0 Å². The van der Waals surface area contributed by atoms with Gasteiger partial charge in [0.15, 0.2) is 0 Å². The van der Waals surface area contributed by atoms with Crippen LogP contribution in [0.2, 0.25) is 0 Å². The fourth-order valence-electron chi connectivity index (χ4n) is 1.98. The fourth-order valence-corrected chi connectivity index (χ4v) is 2.55. The third kappa shape index (κ3) is 4.75. The summed E-state index contributed by atoms with van der Waals surface area (Å²) < 4.78 is 0. The van der Waals surface area contributed by atoms with E-state index >= 15 is 0 Å². The Bertz CT molecular complexity index is 164. The maximum Gasteiger partial charge on any atom is 0.0303 e. The molecule has 0 aromatic rings. The van der Waals surface area contributed by atoms with Crippen LogP contribution in [0.5, 0.6) is 0 Å². The minimum Gasteiger partial charge on any atom is -0.329 e. The smallest absolute Gasteiger partial charge is 0.0303 e. The highest BCUT2D eigenvalue weighted by Crippen LogP contribution is 2.22. The first kappa shape index (κ1) is 15.3. The zero-order chi connectivity index (χ0) is 11.9. The van der Waals surface area contributed by atoms with Crippen LogP contribution in [0, 0.1) is 0 Å². The summed E-state index contributed by atoms with van der Waals surface area (Å²) in [5, 5.41) is 0. The van der Waals surface area contributed by atoms with Gasteiger partial charge in [0, 0.05) is 18.1 Å². The van der Waals surface area contributed by atoms with Gasteiger partial charge < -0.3 is 5.73 Å². The van der Waals surface area contributed by atoms with E-state index in [9.17, 15) is 0 Å². The van der Waals surface area contributed by atoms with Crippen molar-refractivity contribution in [3.8, 4) is 0 Å². The van der Waals surface area contributed by atoms with Gasteiger partial charge in [-0.25, -0.2) is 0 Å². The zero-order valence-corrected chi connectivity index (χ0v) is 11.9. The molecule has 3 heteroatoms. The number of thioether (sulfide) groups is 1. The topological polar surface area (TPSA) is 29.3 Å². The van der Waals surface area contributed by atoms with E-state index in [1.807, 2.05) is 11.8 Å². The van der Waals surface area contributed by atoms with Crippen molar-refractivity contribution in [3.63, 3.8) is 0 Å². The van der Waals surface area contributed by atoms with Gasteiger partial charge in [0.2, 0.25) is 0 Å². The van der Waals surface area contributed by atoms with E-state index in [-0.39, 0.29) is 5.54 Å². The third-order valence-electron chi connectivity index (χ3n) is 3.48. The first-order valence-electron chi connectivity index (χ1n) is 5.93. The Morgan fingerprint density at radius 3 is 2.47 bits per heavy atom. The number of nitrogens with zero attached hydrogens (tertiary/aromatic N) is 1. The second-order valence-electron chi connectivity index (χ2n) is 4.69. The van der Waals surface area contributed by atoms with Crippen molar-refractivity contribution in [1.82, 2.24) is 4.90 Å². The summed E-state index contributed by atoms with van der Waals surface area (Å²) in [7, 11) is 2.22. The molecule has 92 valence electrons. The quantitative estimate of drug-likeness (QED) is 0.697. The van der Waals surface area contributed by atoms with Crippen LogP contribution in [0.15, 0.2) is 0 Å². The van der Waals surface area contributed by atoms with Crippen LogP contribution in [-0.4, -0.2) is 42.1 Å². The van der Waals surface area contributed by atoms with Crippen molar-refractivity contribution in [2.24, 2.45) is 5.73 Å². The van der Waals surface area contributed by atoms with E-state index in [0.29, 0.717) is 6.04 Å². The van der Waals surface area contributed by atoms with Gasteiger partial charge in [-0.2, -0.15) is 11.8 Å². The molecule has 0 amide bonds. The molecule has 0 spiro atoms. The van der Waals surface area contributed by atoms with Crippen molar-refractivity contribution in [2.75, 3.05) is 25.6 Å². The van der Waals surface area contributed by atoms with Gasteiger partial charge in [-0.1, -0.05) is 13.3 Å². The lowest BCUT2D eigenvalue weighted by atomic mass is 9.92. The molecule has 0 aliphatic heterocycles. The molecule has 0 bridgehead atoms. The van der Waals surface area contributed by atoms with Gasteiger partial charge in [0.1, 0.15) is 0 Å². The summed E-state index contributed by atoms with van der Waals surface area (Å²) in [6, 6.07) is 0.623. The minimum atomic E-state index is 0.173. The van der Waals surface area contributed by atoms with E-state index in [2.05, 4.69) is 39.0 Å². The second-order valence-corrected chi connectivity index (χ2v) is 5.68. The van der Waals surface area contributed by atoms with E-state index in [1.165, 1.54) is 25.0 Å². The van der Waals surface area contributed by atoms with Gasteiger partial charge in [0.25, 0.3) is 0 Å². The molecule has 0 saturated carbocycles. The lowest BCUT2D eigenvalue weighted by Gasteiger charge is -2.42. The molecule has 2 N–H and O–H groups in total. The predicted molar refractivity (Wildman–Crippen MR) is 72.6 cm³/mol. The number of hydrogen-bond acceptors (Lipinski definition) is 3. The van der Waals surface area contributed by atoms with Crippen LogP contribution in [0.25, 0.3) is 0 Å². The number of hydrogen-bond donors (Lipinski definition) is 1. The summed E-state index contributed by atoms with van der Waals surface area (Å²) in [4.78, 5) is 2.46. The van der Waals surface area contributed by atoms with Gasteiger partial charge in [-0.15, -0.1) is 0 Å². The SMILES string of the molecule is CCCC(C)(CN)N(C)C(C)CCSC. The monoisotopic (exact) mass is 232 g/mol. The lowest BCUT2D eigenvalue weighted by molar-refractivity contribution is 0.0897. The van der Waals surface area contributed by atoms with E-state index in [4.69, 9.17) is 5.73 Å². The van der Waals surface area contributed by atoms with Crippen LogP contribution in [0.1, 0.15) is 40.0 Å². The van der Waals surface area contributed by atoms with Crippen molar-refractivity contribution in [3.05, 3.63) is 0 Å². The lowest BCUT2D eigenvalue weighted by Crippen LogP contribution is -2.53. The first-order chi connectivity index (χ1) is 7.01.